The maximum atomic E-state index is 13.1. The molecule has 1 saturated carbocycles. The summed E-state index contributed by atoms with van der Waals surface area (Å²) in [5.74, 6) is 0.806. The van der Waals surface area contributed by atoms with Crippen molar-refractivity contribution in [2.24, 2.45) is 0 Å². The Morgan fingerprint density at radius 1 is 0.960 bits per heavy atom. The molecule has 2 heterocycles. The number of nitrogens with one attached hydrogen (secondary N) is 1. The van der Waals surface area contributed by atoms with E-state index in [2.05, 4.69) is 20.5 Å². The van der Waals surface area contributed by atoms with Gasteiger partial charge >= 0.3 is 6.18 Å². The zero-order chi connectivity index (χ0) is 17.7. The second-order valence-electron chi connectivity index (χ2n) is 6.02. The van der Waals surface area contributed by atoms with E-state index in [1.165, 1.54) is 12.1 Å². The number of hydrogen-bond acceptors (Lipinski definition) is 4. The molecule has 3 aromatic rings. The van der Waals surface area contributed by atoms with Crippen molar-refractivity contribution in [3.8, 4) is 0 Å². The molecule has 0 atom stereocenters. The highest BCUT2D eigenvalue weighted by atomic mass is 35.5. The predicted molar refractivity (Wildman–Crippen MR) is 89.0 cm³/mol. The number of rotatable bonds is 3. The van der Waals surface area contributed by atoms with Crippen LogP contribution in [0, 0.1) is 0 Å². The number of alkyl halides is 3. The average Bonchev–Trinajstić information content (AvgIpc) is 3.38. The molecular weight excluding hydrogens is 353 g/mol. The highest BCUT2D eigenvalue weighted by molar-refractivity contribution is 6.35. The van der Waals surface area contributed by atoms with Crippen LogP contribution in [-0.4, -0.2) is 21.4 Å². The molecule has 0 amide bonds. The fraction of sp³-hybridized carbons (Fsp3) is 0.235. The van der Waals surface area contributed by atoms with Gasteiger partial charge in [0.25, 0.3) is 0 Å². The fourth-order valence-corrected chi connectivity index (χ4v) is 3.00. The maximum Gasteiger partial charge on any atom is 0.400 e. The lowest BCUT2D eigenvalue weighted by atomic mass is 10.0. The molecule has 1 N–H and O–H groups in total. The first-order valence-electron chi connectivity index (χ1n) is 7.62. The van der Waals surface area contributed by atoms with Crippen molar-refractivity contribution < 1.29 is 13.2 Å². The molecule has 25 heavy (non-hydrogen) atoms. The number of hydrogen-bond donors (Lipinski definition) is 1. The van der Waals surface area contributed by atoms with Crippen molar-refractivity contribution in [2.75, 3.05) is 5.32 Å². The van der Waals surface area contributed by atoms with E-state index in [1.807, 2.05) is 18.2 Å². The monoisotopic (exact) mass is 364 g/mol. The van der Waals surface area contributed by atoms with Gasteiger partial charge in [-0.25, -0.2) is 4.98 Å². The van der Waals surface area contributed by atoms with Gasteiger partial charge in [0, 0.05) is 5.39 Å². The lowest BCUT2D eigenvalue weighted by Gasteiger charge is -2.18. The Balaban J connectivity index is 1.59. The molecule has 128 valence electrons. The number of fused-ring (bicyclic) bond motifs is 1. The number of benzene rings is 1. The Kier molecular flexibility index (Phi) is 3.57. The standard InChI is InChI=1S/C17H12ClF3N4/c18-11-3-1-2-10-4-6-13(23-15(10)11)22-14-7-5-12(24-25-14)16(8-9-16)17(19,20)21/h1-7H,8-9H2,(H,22,23,25). The van der Waals surface area contributed by atoms with Crippen molar-refractivity contribution >= 4 is 34.1 Å². The van der Waals surface area contributed by atoms with Crippen molar-refractivity contribution in [2.45, 2.75) is 24.4 Å². The molecule has 0 radical (unpaired) electrons. The normalized spacial score (nSPS) is 16.0. The summed E-state index contributed by atoms with van der Waals surface area (Å²) in [6.07, 6.45) is -4.18. The predicted octanol–water partition coefficient (Wildman–Crippen LogP) is 5.02. The number of para-hydroxylation sites is 1. The number of halogens is 4. The van der Waals surface area contributed by atoms with E-state index in [0.717, 1.165) is 5.39 Å². The van der Waals surface area contributed by atoms with Crippen LogP contribution in [0.15, 0.2) is 42.5 Å². The summed E-state index contributed by atoms with van der Waals surface area (Å²) in [5, 5.41) is 12.0. The van der Waals surface area contributed by atoms with Crippen LogP contribution in [0.25, 0.3) is 10.9 Å². The molecule has 1 fully saturated rings. The minimum Gasteiger partial charge on any atom is -0.323 e. The minimum absolute atomic E-state index is 0.0416. The molecule has 0 unspecified atom stereocenters. The van der Waals surface area contributed by atoms with Gasteiger partial charge < -0.3 is 5.32 Å². The van der Waals surface area contributed by atoms with E-state index in [-0.39, 0.29) is 18.5 Å². The summed E-state index contributed by atoms with van der Waals surface area (Å²) in [7, 11) is 0. The topological polar surface area (TPSA) is 50.7 Å². The van der Waals surface area contributed by atoms with Crippen molar-refractivity contribution in [3.63, 3.8) is 0 Å². The van der Waals surface area contributed by atoms with Crippen LogP contribution >= 0.6 is 11.6 Å². The fourth-order valence-electron chi connectivity index (χ4n) is 2.78. The van der Waals surface area contributed by atoms with Crippen LogP contribution < -0.4 is 5.32 Å². The molecule has 1 aliphatic carbocycles. The van der Waals surface area contributed by atoms with Crippen LogP contribution in [0.5, 0.6) is 0 Å². The highest BCUT2D eigenvalue weighted by Crippen LogP contribution is 2.58. The Bertz CT molecular complexity index is 937. The first kappa shape index (κ1) is 16.1. The summed E-state index contributed by atoms with van der Waals surface area (Å²) >= 11 is 6.13. The Morgan fingerprint density at radius 2 is 1.72 bits per heavy atom. The van der Waals surface area contributed by atoms with Crippen LogP contribution in [-0.2, 0) is 5.41 Å². The molecule has 1 aliphatic rings. The Hall–Kier alpha value is -2.41. The molecule has 0 aliphatic heterocycles. The third kappa shape index (κ3) is 2.78. The van der Waals surface area contributed by atoms with E-state index < -0.39 is 11.6 Å². The third-order valence-electron chi connectivity index (χ3n) is 4.37. The van der Waals surface area contributed by atoms with Crippen LogP contribution in [0.3, 0.4) is 0 Å². The smallest absolute Gasteiger partial charge is 0.323 e. The molecule has 2 aromatic heterocycles. The Labute approximate surface area is 146 Å². The SMILES string of the molecule is FC(F)(F)C1(c2ccc(Nc3ccc4cccc(Cl)c4n3)nn2)CC1. The summed E-state index contributed by atoms with van der Waals surface area (Å²) in [6.45, 7) is 0. The maximum absolute atomic E-state index is 13.1. The summed E-state index contributed by atoms with van der Waals surface area (Å²) < 4.78 is 39.3. The van der Waals surface area contributed by atoms with E-state index >= 15 is 0 Å². The number of nitrogens with zero attached hydrogens (tertiary/aromatic N) is 3. The van der Waals surface area contributed by atoms with E-state index in [0.29, 0.717) is 22.2 Å². The van der Waals surface area contributed by atoms with E-state index in [9.17, 15) is 13.2 Å². The molecule has 0 saturated heterocycles. The van der Waals surface area contributed by atoms with Gasteiger partial charge in [0.1, 0.15) is 11.2 Å². The minimum atomic E-state index is -4.30. The first-order chi connectivity index (χ1) is 11.9. The molecule has 4 nitrogen and oxygen atoms in total. The van der Waals surface area contributed by atoms with Crippen LogP contribution in [0.4, 0.5) is 24.8 Å². The van der Waals surface area contributed by atoms with E-state index in [4.69, 9.17) is 11.6 Å². The van der Waals surface area contributed by atoms with Gasteiger partial charge in [-0.3, -0.25) is 0 Å². The second kappa shape index (κ2) is 5.56. The first-order valence-corrected chi connectivity index (χ1v) is 8.00. The molecule has 0 bridgehead atoms. The van der Waals surface area contributed by atoms with Crippen molar-refractivity contribution in [1.29, 1.82) is 0 Å². The Morgan fingerprint density at radius 3 is 2.36 bits per heavy atom. The number of pyridine rings is 1. The van der Waals surface area contributed by atoms with Crippen LogP contribution in [0.1, 0.15) is 18.5 Å². The van der Waals surface area contributed by atoms with Crippen LogP contribution in [0.2, 0.25) is 5.02 Å². The van der Waals surface area contributed by atoms with Crippen molar-refractivity contribution in [3.05, 3.63) is 53.2 Å². The van der Waals surface area contributed by atoms with Gasteiger partial charge in [-0.2, -0.15) is 18.3 Å². The molecule has 4 rings (SSSR count). The van der Waals surface area contributed by atoms with E-state index in [1.54, 1.807) is 12.1 Å². The molecule has 8 heteroatoms. The molecule has 1 aromatic carbocycles. The lowest BCUT2D eigenvalue weighted by molar-refractivity contribution is -0.161. The van der Waals surface area contributed by atoms with Gasteiger partial charge in [0.05, 0.1) is 16.2 Å². The summed E-state index contributed by atoms with van der Waals surface area (Å²) in [6, 6.07) is 11.9. The lowest BCUT2D eigenvalue weighted by Crippen LogP contribution is -2.29. The van der Waals surface area contributed by atoms with Gasteiger partial charge in [-0.05, 0) is 43.2 Å². The summed E-state index contributed by atoms with van der Waals surface area (Å²) in [4.78, 5) is 4.40. The highest BCUT2D eigenvalue weighted by Gasteiger charge is 2.65. The van der Waals surface area contributed by atoms with Gasteiger partial charge in [0.15, 0.2) is 5.82 Å². The zero-order valence-electron chi connectivity index (χ0n) is 12.8. The second-order valence-corrected chi connectivity index (χ2v) is 6.42. The van der Waals surface area contributed by atoms with Crippen molar-refractivity contribution in [1.82, 2.24) is 15.2 Å². The largest absolute Gasteiger partial charge is 0.400 e. The quantitative estimate of drug-likeness (QED) is 0.709. The average molecular weight is 365 g/mol. The zero-order valence-corrected chi connectivity index (χ0v) is 13.6. The third-order valence-corrected chi connectivity index (χ3v) is 4.68. The van der Waals surface area contributed by atoms with Gasteiger partial charge in [0.2, 0.25) is 0 Å². The molecular formula is C17H12ClF3N4. The number of aromatic nitrogens is 3. The molecule has 0 spiro atoms. The van der Waals surface area contributed by atoms with Gasteiger partial charge in [-0.1, -0.05) is 23.7 Å². The number of anilines is 2. The summed E-state index contributed by atoms with van der Waals surface area (Å²) in [5.41, 5.74) is -1.24. The van der Waals surface area contributed by atoms with Gasteiger partial charge in [-0.15, -0.1) is 5.10 Å².